The van der Waals surface area contributed by atoms with Crippen LogP contribution in [0.5, 0.6) is 0 Å². The van der Waals surface area contributed by atoms with Gasteiger partial charge in [-0.05, 0) is 12.1 Å². The van der Waals surface area contributed by atoms with E-state index >= 15 is 0 Å². The Hall–Kier alpha value is -1.75. The highest BCUT2D eigenvalue weighted by Crippen LogP contribution is 2.12. The van der Waals surface area contributed by atoms with Crippen LogP contribution in [0.25, 0.3) is 5.82 Å². The molecule has 0 radical (unpaired) electrons. The van der Waals surface area contributed by atoms with Crippen molar-refractivity contribution in [3.8, 4) is 5.82 Å². The maximum Gasteiger partial charge on any atom is 0.157 e. The zero-order chi connectivity index (χ0) is 12.3. The number of hydrogen-bond donors (Lipinski definition) is 1. The second kappa shape index (κ2) is 5.05. The molecule has 0 spiro atoms. The molecule has 0 unspecified atom stereocenters. The summed E-state index contributed by atoms with van der Waals surface area (Å²) in [6.45, 7) is 4.65. The summed E-state index contributed by atoms with van der Waals surface area (Å²) in [4.78, 5) is 4.08. The highest BCUT2D eigenvalue weighted by Gasteiger charge is 2.08. The molecule has 0 bridgehead atoms. The van der Waals surface area contributed by atoms with Crippen LogP contribution in [-0.2, 0) is 6.54 Å². The maximum absolute atomic E-state index is 13.2. The van der Waals surface area contributed by atoms with E-state index in [4.69, 9.17) is 0 Å². The predicted octanol–water partition coefficient (Wildman–Crippen LogP) is 1.90. The third kappa shape index (κ3) is 2.88. The summed E-state index contributed by atoms with van der Waals surface area (Å²) in [6.07, 6.45) is 4.67. The second-order valence-corrected chi connectivity index (χ2v) is 4.12. The van der Waals surface area contributed by atoms with Crippen molar-refractivity contribution in [1.82, 2.24) is 20.1 Å². The molecular formula is C12H15FN4. The van der Waals surface area contributed by atoms with Gasteiger partial charge in [0.05, 0.1) is 6.20 Å². The van der Waals surface area contributed by atoms with Gasteiger partial charge < -0.3 is 5.32 Å². The van der Waals surface area contributed by atoms with Crippen molar-refractivity contribution in [2.45, 2.75) is 26.4 Å². The van der Waals surface area contributed by atoms with Crippen LogP contribution in [0.1, 0.15) is 19.4 Å². The fourth-order valence-corrected chi connectivity index (χ4v) is 1.52. The molecule has 2 rings (SSSR count). The number of hydrogen-bond acceptors (Lipinski definition) is 3. The first-order valence-electron chi connectivity index (χ1n) is 5.54. The smallest absolute Gasteiger partial charge is 0.157 e. The summed E-state index contributed by atoms with van der Waals surface area (Å²) >= 11 is 0. The van der Waals surface area contributed by atoms with Crippen molar-refractivity contribution in [1.29, 1.82) is 0 Å². The topological polar surface area (TPSA) is 42.7 Å². The van der Waals surface area contributed by atoms with Gasteiger partial charge in [0, 0.05) is 30.5 Å². The van der Waals surface area contributed by atoms with E-state index in [1.807, 2.05) is 19.9 Å². The quantitative estimate of drug-likeness (QED) is 0.878. The molecule has 0 atom stereocenters. The molecule has 4 nitrogen and oxygen atoms in total. The van der Waals surface area contributed by atoms with E-state index in [1.165, 1.54) is 12.3 Å². The van der Waals surface area contributed by atoms with Gasteiger partial charge in [-0.15, -0.1) is 0 Å². The Morgan fingerprint density at radius 1 is 1.47 bits per heavy atom. The molecule has 0 saturated carbocycles. The molecule has 0 aromatic carbocycles. The summed E-state index contributed by atoms with van der Waals surface area (Å²) in [5.74, 6) is 0.325. The molecule has 2 aromatic rings. The van der Waals surface area contributed by atoms with Gasteiger partial charge in [0.2, 0.25) is 0 Å². The zero-order valence-corrected chi connectivity index (χ0v) is 9.89. The minimum absolute atomic E-state index is 0.332. The monoisotopic (exact) mass is 234 g/mol. The first-order valence-corrected chi connectivity index (χ1v) is 5.54. The highest BCUT2D eigenvalue weighted by atomic mass is 19.1. The minimum Gasteiger partial charge on any atom is -0.310 e. The minimum atomic E-state index is -0.332. The predicted molar refractivity (Wildman–Crippen MR) is 63.3 cm³/mol. The number of aromatic nitrogens is 3. The Bertz CT molecular complexity index is 479. The molecular weight excluding hydrogens is 219 g/mol. The number of nitrogens with zero attached hydrogens (tertiary/aromatic N) is 3. The molecule has 0 aliphatic heterocycles. The molecule has 90 valence electrons. The van der Waals surface area contributed by atoms with Crippen LogP contribution in [0, 0.1) is 5.82 Å². The largest absolute Gasteiger partial charge is 0.310 e. The molecule has 5 heteroatoms. The van der Waals surface area contributed by atoms with Gasteiger partial charge in [-0.3, -0.25) is 0 Å². The van der Waals surface area contributed by atoms with Crippen molar-refractivity contribution in [3.05, 3.63) is 42.1 Å². The van der Waals surface area contributed by atoms with Crippen LogP contribution >= 0.6 is 0 Å². The zero-order valence-electron chi connectivity index (χ0n) is 9.89. The fourth-order valence-electron chi connectivity index (χ4n) is 1.52. The third-order valence-electron chi connectivity index (χ3n) is 2.33. The molecule has 0 aliphatic rings. The van der Waals surface area contributed by atoms with Crippen LogP contribution in [0.15, 0.2) is 30.7 Å². The molecule has 1 N–H and O–H groups in total. The summed E-state index contributed by atoms with van der Waals surface area (Å²) in [6, 6.07) is 3.63. The maximum atomic E-state index is 13.2. The number of nitrogens with one attached hydrogen (secondary N) is 1. The van der Waals surface area contributed by atoms with Crippen molar-refractivity contribution in [3.63, 3.8) is 0 Å². The molecule has 0 fully saturated rings. The first kappa shape index (κ1) is 11.7. The fraction of sp³-hybridized carbons (Fsp3) is 0.333. The Balaban J connectivity index is 2.31. The second-order valence-electron chi connectivity index (χ2n) is 4.12. The van der Waals surface area contributed by atoms with Gasteiger partial charge in [0.1, 0.15) is 5.82 Å². The molecule has 2 aromatic heterocycles. The normalized spacial score (nSPS) is 11.1. The lowest BCUT2D eigenvalue weighted by Crippen LogP contribution is -2.23. The average molecular weight is 234 g/mol. The standard InChI is InChI=1S/C12H15FN4/c1-9(2)14-7-10-6-11(13)8-15-12(10)17-5-3-4-16-17/h3-6,8-9,14H,7H2,1-2H3. The Labute approximate surface area is 99.5 Å². The molecule has 2 heterocycles. The van der Waals surface area contributed by atoms with E-state index in [9.17, 15) is 4.39 Å². The lowest BCUT2D eigenvalue weighted by atomic mass is 10.2. The third-order valence-corrected chi connectivity index (χ3v) is 2.33. The van der Waals surface area contributed by atoms with Crippen LogP contribution in [-0.4, -0.2) is 20.8 Å². The van der Waals surface area contributed by atoms with Crippen molar-refractivity contribution in [2.24, 2.45) is 0 Å². The average Bonchev–Trinajstić information content (AvgIpc) is 2.80. The van der Waals surface area contributed by atoms with Gasteiger partial charge in [-0.1, -0.05) is 13.8 Å². The van der Waals surface area contributed by atoms with E-state index in [2.05, 4.69) is 15.4 Å². The van der Waals surface area contributed by atoms with Crippen molar-refractivity contribution < 1.29 is 4.39 Å². The summed E-state index contributed by atoms with van der Waals surface area (Å²) in [5.41, 5.74) is 0.794. The van der Waals surface area contributed by atoms with Gasteiger partial charge >= 0.3 is 0 Å². The van der Waals surface area contributed by atoms with Crippen LogP contribution < -0.4 is 5.32 Å². The summed E-state index contributed by atoms with van der Waals surface area (Å²) in [7, 11) is 0. The van der Waals surface area contributed by atoms with Gasteiger partial charge in [-0.25, -0.2) is 14.1 Å². The van der Waals surface area contributed by atoms with Crippen molar-refractivity contribution in [2.75, 3.05) is 0 Å². The Morgan fingerprint density at radius 2 is 2.29 bits per heavy atom. The van der Waals surface area contributed by atoms with E-state index in [0.29, 0.717) is 18.4 Å². The van der Waals surface area contributed by atoms with Crippen molar-refractivity contribution >= 4 is 0 Å². The van der Waals surface area contributed by atoms with E-state index in [0.717, 1.165) is 5.56 Å². The first-order chi connectivity index (χ1) is 8.16. The summed E-state index contributed by atoms with van der Waals surface area (Å²) in [5, 5.41) is 7.35. The van der Waals surface area contributed by atoms with Gasteiger partial charge in [0.15, 0.2) is 5.82 Å². The molecule has 0 saturated heterocycles. The SMILES string of the molecule is CC(C)NCc1cc(F)cnc1-n1cccn1. The van der Waals surface area contributed by atoms with Gasteiger partial charge in [0.25, 0.3) is 0 Å². The lowest BCUT2D eigenvalue weighted by molar-refractivity contribution is 0.574. The molecule has 0 amide bonds. The number of pyridine rings is 1. The van der Waals surface area contributed by atoms with Crippen LogP contribution in [0.3, 0.4) is 0 Å². The molecule has 0 aliphatic carbocycles. The Morgan fingerprint density at radius 3 is 2.94 bits per heavy atom. The van der Waals surface area contributed by atoms with E-state index in [1.54, 1.807) is 17.1 Å². The lowest BCUT2D eigenvalue weighted by Gasteiger charge is -2.11. The van der Waals surface area contributed by atoms with E-state index in [-0.39, 0.29) is 5.82 Å². The summed E-state index contributed by atoms with van der Waals surface area (Å²) < 4.78 is 14.8. The number of rotatable bonds is 4. The van der Waals surface area contributed by atoms with Gasteiger partial charge in [-0.2, -0.15) is 5.10 Å². The van der Waals surface area contributed by atoms with Crippen LogP contribution in [0.4, 0.5) is 4.39 Å². The number of halogens is 1. The van der Waals surface area contributed by atoms with E-state index < -0.39 is 0 Å². The highest BCUT2D eigenvalue weighted by molar-refractivity contribution is 5.33. The van der Waals surface area contributed by atoms with Crippen LogP contribution in [0.2, 0.25) is 0 Å². The molecule has 17 heavy (non-hydrogen) atoms. The Kier molecular flexibility index (Phi) is 3.49.